The number of rotatable bonds is 4. The summed E-state index contributed by atoms with van der Waals surface area (Å²) in [6.07, 6.45) is 4.20. The Hall–Kier alpha value is -1.29. The summed E-state index contributed by atoms with van der Waals surface area (Å²) >= 11 is 1.80. The maximum Gasteiger partial charge on any atom is 0.216 e. The van der Waals surface area contributed by atoms with Gasteiger partial charge in [0.2, 0.25) is 6.04 Å². The lowest BCUT2D eigenvalue weighted by Gasteiger charge is -2.15. The highest BCUT2D eigenvalue weighted by Gasteiger charge is 2.22. The van der Waals surface area contributed by atoms with E-state index in [4.69, 9.17) is 0 Å². The molecule has 0 heterocycles. The molecule has 0 saturated heterocycles. The molecule has 2 rings (SSSR count). The normalized spacial score (nSPS) is 19.8. The quantitative estimate of drug-likeness (QED) is 0.355. The van der Waals surface area contributed by atoms with Crippen molar-refractivity contribution in [2.75, 3.05) is 5.75 Å². The first kappa shape index (κ1) is 12.2. The fraction of sp³-hybridized carbons (Fsp3) is 0.385. The SMILES string of the molecule is O=[N+]([O-])C1CC=C(CSc2ccccc2)CC1. The second kappa shape index (κ2) is 5.87. The Morgan fingerprint density at radius 2 is 2.12 bits per heavy atom. The molecule has 0 bridgehead atoms. The molecule has 4 heteroatoms. The van der Waals surface area contributed by atoms with E-state index in [2.05, 4.69) is 12.1 Å². The highest BCUT2D eigenvalue weighted by molar-refractivity contribution is 7.99. The van der Waals surface area contributed by atoms with Gasteiger partial charge in [0.1, 0.15) is 0 Å². The summed E-state index contributed by atoms with van der Waals surface area (Å²) < 4.78 is 0. The van der Waals surface area contributed by atoms with Crippen molar-refractivity contribution in [3.05, 3.63) is 52.1 Å². The van der Waals surface area contributed by atoms with Crippen molar-refractivity contribution >= 4 is 11.8 Å². The third-order valence-corrected chi connectivity index (χ3v) is 4.06. The van der Waals surface area contributed by atoms with Gasteiger partial charge in [0.05, 0.1) is 0 Å². The van der Waals surface area contributed by atoms with Gasteiger partial charge < -0.3 is 0 Å². The molecule has 0 radical (unpaired) electrons. The van der Waals surface area contributed by atoms with Crippen molar-refractivity contribution in [3.8, 4) is 0 Å². The fourth-order valence-corrected chi connectivity index (χ4v) is 2.85. The van der Waals surface area contributed by atoms with Crippen LogP contribution in [0, 0.1) is 10.1 Å². The van der Waals surface area contributed by atoms with E-state index in [9.17, 15) is 10.1 Å². The number of nitrogens with zero attached hydrogens (tertiary/aromatic N) is 1. The highest BCUT2D eigenvalue weighted by Crippen LogP contribution is 2.26. The van der Waals surface area contributed by atoms with Gasteiger partial charge in [-0.3, -0.25) is 10.1 Å². The zero-order valence-corrected chi connectivity index (χ0v) is 10.4. The molecule has 90 valence electrons. The minimum Gasteiger partial charge on any atom is -0.264 e. The van der Waals surface area contributed by atoms with Crippen LogP contribution in [0.5, 0.6) is 0 Å². The van der Waals surface area contributed by atoms with Crippen molar-refractivity contribution in [1.82, 2.24) is 0 Å². The molecule has 1 aliphatic carbocycles. The van der Waals surface area contributed by atoms with Crippen molar-refractivity contribution < 1.29 is 4.92 Å². The van der Waals surface area contributed by atoms with E-state index >= 15 is 0 Å². The van der Waals surface area contributed by atoms with Crippen LogP contribution in [0.25, 0.3) is 0 Å². The van der Waals surface area contributed by atoms with E-state index < -0.39 is 0 Å². The van der Waals surface area contributed by atoms with Gasteiger partial charge in [0.15, 0.2) is 0 Å². The number of thioether (sulfide) groups is 1. The van der Waals surface area contributed by atoms with E-state index in [1.165, 1.54) is 10.5 Å². The summed E-state index contributed by atoms with van der Waals surface area (Å²) in [5, 5.41) is 10.6. The molecular formula is C13H15NO2S. The predicted octanol–water partition coefficient (Wildman–Crippen LogP) is 3.53. The fourth-order valence-electron chi connectivity index (χ4n) is 1.89. The maximum atomic E-state index is 10.6. The molecule has 3 nitrogen and oxygen atoms in total. The van der Waals surface area contributed by atoms with Crippen LogP contribution in [-0.2, 0) is 0 Å². The third-order valence-electron chi connectivity index (χ3n) is 2.94. The Bertz CT molecular complexity index is 417. The van der Waals surface area contributed by atoms with Crippen molar-refractivity contribution in [2.24, 2.45) is 0 Å². The van der Waals surface area contributed by atoms with Gasteiger partial charge in [-0.1, -0.05) is 29.8 Å². The smallest absolute Gasteiger partial charge is 0.216 e. The summed E-state index contributed by atoms with van der Waals surface area (Å²) in [4.78, 5) is 11.7. The lowest BCUT2D eigenvalue weighted by Crippen LogP contribution is -2.21. The van der Waals surface area contributed by atoms with Gasteiger partial charge in [0.25, 0.3) is 0 Å². The maximum absolute atomic E-state index is 10.6. The molecule has 0 saturated carbocycles. The van der Waals surface area contributed by atoms with Crippen LogP contribution >= 0.6 is 11.8 Å². The summed E-state index contributed by atoms with van der Waals surface area (Å²) in [6.45, 7) is 0. The highest BCUT2D eigenvalue weighted by atomic mass is 32.2. The average Bonchev–Trinajstić information content (AvgIpc) is 2.38. The van der Waals surface area contributed by atoms with Gasteiger partial charge in [-0.2, -0.15) is 0 Å². The molecule has 1 aromatic carbocycles. The first-order chi connectivity index (χ1) is 8.25. The van der Waals surface area contributed by atoms with E-state index in [1.54, 1.807) is 11.8 Å². The molecule has 1 unspecified atom stereocenters. The van der Waals surface area contributed by atoms with Crippen molar-refractivity contribution in [2.45, 2.75) is 30.2 Å². The van der Waals surface area contributed by atoms with E-state index in [0.717, 1.165) is 12.2 Å². The zero-order chi connectivity index (χ0) is 12.1. The molecular weight excluding hydrogens is 234 g/mol. The minimum absolute atomic E-state index is 0.155. The first-order valence-corrected chi connectivity index (χ1v) is 6.73. The summed E-state index contributed by atoms with van der Waals surface area (Å²) in [6, 6.07) is 9.88. The lowest BCUT2D eigenvalue weighted by atomic mass is 9.97. The topological polar surface area (TPSA) is 43.1 Å². The molecule has 0 amide bonds. The molecule has 0 spiro atoms. The molecule has 1 atom stereocenters. The van der Waals surface area contributed by atoms with Crippen LogP contribution in [0.15, 0.2) is 46.9 Å². The van der Waals surface area contributed by atoms with Gasteiger partial charge in [-0.15, -0.1) is 11.8 Å². The zero-order valence-electron chi connectivity index (χ0n) is 9.54. The molecule has 0 aromatic heterocycles. The standard InChI is InChI=1S/C13H15NO2S/c15-14(16)12-8-6-11(7-9-12)10-17-13-4-2-1-3-5-13/h1-6,12H,7-10H2. The first-order valence-electron chi connectivity index (χ1n) is 5.75. The Morgan fingerprint density at radius 1 is 1.35 bits per heavy atom. The van der Waals surface area contributed by atoms with Crippen LogP contribution in [0.1, 0.15) is 19.3 Å². The summed E-state index contributed by atoms with van der Waals surface area (Å²) in [7, 11) is 0. The van der Waals surface area contributed by atoms with Crippen molar-refractivity contribution in [1.29, 1.82) is 0 Å². The van der Waals surface area contributed by atoms with Crippen LogP contribution in [0.3, 0.4) is 0 Å². The minimum atomic E-state index is -0.361. The van der Waals surface area contributed by atoms with Gasteiger partial charge in [0, 0.05) is 28.4 Å². The number of benzene rings is 1. The van der Waals surface area contributed by atoms with Crippen molar-refractivity contribution in [3.63, 3.8) is 0 Å². The second-order valence-electron chi connectivity index (χ2n) is 4.18. The Labute approximate surface area is 105 Å². The number of nitro groups is 1. The van der Waals surface area contributed by atoms with Crippen LogP contribution in [0.2, 0.25) is 0 Å². The molecule has 0 aliphatic heterocycles. The van der Waals surface area contributed by atoms with Crippen LogP contribution < -0.4 is 0 Å². The van der Waals surface area contributed by atoms with E-state index in [1.807, 2.05) is 24.3 Å². The monoisotopic (exact) mass is 249 g/mol. The predicted molar refractivity (Wildman–Crippen MR) is 69.9 cm³/mol. The lowest BCUT2D eigenvalue weighted by molar-refractivity contribution is -0.523. The number of hydrogen-bond donors (Lipinski definition) is 0. The van der Waals surface area contributed by atoms with Gasteiger partial charge >= 0.3 is 0 Å². The van der Waals surface area contributed by atoms with Gasteiger partial charge in [-0.05, 0) is 18.6 Å². The third kappa shape index (κ3) is 3.60. The summed E-state index contributed by atoms with van der Waals surface area (Å²) in [5.41, 5.74) is 1.34. The van der Waals surface area contributed by atoms with Crippen LogP contribution in [-0.4, -0.2) is 16.7 Å². The van der Waals surface area contributed by atoms with E-state index in [-0.39, 0.29) is 11.0 Å². The van der Waals surface area contributed by atoms with Gasteiger partial charge in [-0.25, -0.2) is 0 Å². The molecule has 1 aliphatic rings. The van der Waals surface area contributed by atoms with E-state index in [0.29, 0.717) is 12.8 Å². The Balaban J connectivity index is 1.83. The second-order valence-corrected chi connectivity index (χ2v) is 5.23. The molecule has 17 heavy (non-hydrogen) atoms. The molecule has 0 N–H and O–H groups in total. The summed E-state index contributed by atoms with van der Waals surface area (Å²) in [5.74, 6) is 0.953. The Morgan fingerprint density at radius 3 is 2.71 bits per heavy atom. The Kier molecular flexibility index (Phi) is 4.20. The average molecular weight is 249 g/mol. The molecule has 0 fully saturated rings. The number of hydrogen-bond acceptors (Lipinski definition) is 3. The molecule has 1 aromatic rings. The largest absolute Gasteiger partial charge is 0.264 e. The van der Waals surface area contributed by atoms with Crippen LogP contribution in [0.4, 0.5) is 0 Å².